The molecule has 1 aliphatic heterocycles. The number of aromatic hydroxyl groups is 1. The van der Waals surface area contributed by atoms with Crippen LogP contribution in [-0.4, -0.2) is 15.6 Å². The molecule has 1 aromatic heterocycles. The molecule has 2 heterocycles. The molecule has 5 nitrogen and oxygen atoms in total. The van der Waals surface area contributed by atoms with Crippen molar-refractivity contribution >= 4 is 22.5 Å². The van der Waals surface area contributed by atoms with Gasteiger partial charge >= 0.3 is 6.18 Å². The zero-order chi connectivity index (χ0) is 20.2. The number of hydrogen-bond acceptors (Lipinski definition) is 3. The Labute approximate surface area is 157 Å². The number of aromatic nitrogens is 1. The van der Waals surface area contributed by atoms with Crippen molar-refractivity contribution in [1.82, 2.24) is 4.57 Å². The Morgan fingerprint density at radius 2 is 1.86 bits per heavy atom. The van der Waals surface area contributed by atoms with E-state index in [0.717, 1.165) is 29.8 Å². The Balaban J connectivity index is 1.76. The first-order valence-electron chi connectivity index (χ1n) is 8.56. The van der Waals surface area contributed by atoms with Gasteiger partial charge in [0.1, 0.15) is 11.3 Å². The number of amides is 1. The molecule has 3 aromatic rings. The minimum absolute atomic E-state index is 0.0834. The number of alkyl halides is 3. The largest absolute Gasteiger partial charge is 0.506 e. The van der Waals surface area contributed by atoms with Gasteiger partial charge in [-0.15, -0.1) is 0 Å². The summed E-state index contributed by atoms with van der Waals surface area (Å²) in [7, 11) is 0. The first-order chi connectivity index (χ1) is 13.2. The predicted octanol–water partition coefficient (Wildman–Crippen LogP) is 4.10. The van der Waals surface area contributed by atoms with Gasteiger partial charge in [0, 0.05) is 17.1 Å². The molecule has 0 saturated carbocycles. The summed E-state index contributed by atoms with van der Waals surface area (Å²) in [6.45, 7) is 1.84. The van der Waals surface area contributed by atoms with Crippen LogP contribution in [0.15, 0.2) is 47.3 Å². The summed E-state index contributed by atoms with van der Waals surface area (Å²) in [5.41, 5.74) is -0.324. The SMILES string of the molecule is CC1Cc2cccc3c(O)c(C(=O)Nc4ccc(C(F)(F)F)cc4)c(=O)n1c23. The van der Waals surface area contributed by atoms with Crippen LogP contribution in [0.4, 0.5) is 18.9 Å². The number of carbonyl (C=O) groups excluding carboxylic acids is 1. The Kier molecular flexibility index (Phi) is 3.95. The van der Waals surface area contributed by atoms with Crippen LogP contribution >= 0.6 is 0 Å². The van der Waals surface area contributed by atoms with Crippen LogP contribution in [0.1, 0.15) is 34.5 Å². The van der Waals surface area contributed by atoms with Gasteiger partial charge in [-0.05, 0) is 49.2 Å². The van der Waals surface area contributed by atoms with Crippen LogP contribution in [0.2, 0.25) is 0 Å². The van der Waals surface area contributed by atoms with Crippen molar-refractivity contribution in [1.29, 1.82) is 0 Å². The highest BCUT2D eigenvalue weighted by Gasteiger charge is 2.31. The Morgan fingerprint density at radius 1 is 1.18 bits per heavy atom. The molecule has 2 N–H and O–H groups in total. The second-order valence-electron chi connectivity index (χ2n) is 6.79. The zero-order valence-corrected chi connectivity index (χ0v) is 14.7. The molecule has 28 heavy (non-hydrogen) atoms. The number of benzene rings is 2. The molecule has 0 aliphatic carbocycles. The molecule has 2 aromatic carbocycles. The number of para-hydroxylation sites is 1. The molecule has 1 amide bonds. The molecular formula is C20H15F3N2O3. The number of carbonyl (C=O) groups is 1. The molecule has 0 spiro atoms. The van der Waals surface area contributed by atoms with Crippen molar-refractivity contribution in [2.75, 3.05) is 5.32 Å². The van der Waals surface area contributed by atoms with Crippen molar-refractivity contribution < 1.29 is 23.1 Å². The zero-order valence-electron chi connectivity index (χ0n) is 14.7. The van der Waals surface area contributed by atoms with E-state index < -0.39 is 34.5 Å². The maximum atomic E-state index is 12.9. The molecule has 1 aliphatic rings. The van der Waals surface area contributed by atoms with E-state index in [1.54, 1.807) is 12.1 Å². The Bertz CT molecular complexity index is 1160. The van der Waals surface area contributed by atoms with Gasteiger partial charge in [-0.3, -0.25) is 9.59 Å². The van der Waals surface area contributed by atoms with Crippen LogP contribution in [-0.2, 0) is 12.6 Å². The highest BCUT2D eigenvalue weighted by Crippen LogP contribution is 2.36. The second-order valence-corrected chi connectivity index (χ2v) is 6.79. The fraction of sp³-hybridized carbons (Fsp3) is 0.200. The van der Waals surface area contributed by atoms with Gasteiger partial charge in [-0.2, -0.15) is 13.2 Å². The Morgan fingerprint density at radius 3 is 2.50 bits per heavy atom. The lowest BCUT2D eigenvalue weighted by Crippen LogP contribution is -2.30. The van der Waals surface area contributed by atoms with Crippen LogP contribution < -0.4 is 10.9 Å². The molecule has 144 valence electrons. The van der Waals surface area contributed by atoms with E-state index in [1.165, 1.54) is 4.57 Å². The third-order valence-corrected chi connectivity index (χ3v) is 4.94. The second kappa shape index (κ2) is 6.12. The average molecular weight is 388 g/mol. The lowest BCUT2D eigenvalue weighted by molar-refractivity contribution is -0.137. The van der Waals surface area contributed by atoms with Crippen LogP contribution in [0.25, 0.3) is 10.9 Å². The first kappa shape index (κ1) is 18.1. The highest BCUT2D eigenvalue weighted by molar-refractivity contribution is 6.09. The van der Waals surface area contributed by atoms with Crippen molar-refractivity contribution in [2.24, 2.45) is 0 Å². The molecule has 1 unspecified atom stereocenters. The first-order valence-corrected chi connectivity index (χ1v) is 8.56. The number of hydrogen-bond donors (Lipinski definition) is 2. The van der Waals surface area contributed by atoms with Crippen LogP contribution in [0.3, 0.4) is 0 Å². The molecule has 8 heteroatoms. The molecule has 1 atom stereocenters. The lowest BCUT2D eigenvalue weighted by atomic mass is 10.1. The van der Waals surface area contributed by atoms with Gasteiger partial charge in [0.2, 0.25) is 0 Å². The monoisotopic (exact) mass is 388 g/mol. The van der Waals surface area contributed by atoms with E-state index in [9.17, 15) is 27.9 Å². The van der Waals surface area contributed by atoms with Gasteiger partial charge in [-0.25, -0.2) is 0 Å². The summed E-state index contributed by atoms with van der Waals surface area (Å²) in [6.07, 6.45) is -3.88. The Hall–Kier alpha value is -3.29. The fourth-order valence-corrected chi connectivity index (χ4v) is 3.66. The van der Waals surface area contributed by atoms with E-state index >= 15 is 0 Å². The van der Waals surface area contributed by atoms with E-state index in [-0.39, 0.29) is 11.7 Å². The van der Waals surface area contributed by atoms with E-state index in [1.807, 2.05) is 13.0 Å². The van der Waals surface area contributed by atoms with E-state index in [4.69, 9.17) is 0 Å². The van der Waals surface area contributed by atoms with E-state index in [0.29, 0.717) is 17.3 Å². The van der Waals surface area contributed by atoms with Gasteiger partial charge in [0.05, 0.1) is 11.1 Å². The van der Waals surface area contributed by atoms with Crippen LogP contribution in [0.5, 0.6) is 5.75 Å². The quantitative estimate of drug-likeness (QED) is 0.695. The van der Waals surface area contributed by atoms with Gasteiger partial charge in [0.15, 0.2) is 0 Å². The average Bonchev–Trinajstić information content (AvgIpc) is 2.96. The van der Waals surface area contributed by atoms with Gasteiger partial charge in [0.25, 0.3) is 11.5 Å². The molecule has 0 fully saturated rings. The van der Waals surface area contributed by atoms with E-state index in [2.05, 4.69) is 5.32 Å². The summed E-state index contributed by atoms with van der Waals surface area (Å²) in [4.78, 5) is 25.6. The smallest absolute Gasteiger partial charge is 0.416 e. The highest BCUT2D eigenvalue weighted by atomic mass is 19.4. The summed E-state index contributed by atoms with van der Waals surface area (Å²) in [5.74, 6) is -1.31. The van der Waals surface area contributed by atoms with Crippen LogP contribution in [0, 0.1) is 0 Å². The van der Waals surface area contributed by atoms with Gasteiger partial charge in [-0.1, -0.05) is 12.1 Å². The maximum absolute atomic E-state index is 12.9. The number of nitrogens with zero attached hydrogens (tertiary/aromatic N) is 1. The molecule has 0 radical (unpaired) electrons. The topological polar surface area (TPSA) is 71.3 Å². The van der Waals surface area contributed by atoms with Crippen molar-refractivity contribution in [2.45, 2.75) is 25.6 Å². The summed E-state index contributed by atoms with van der Waals surface area (Å²) in [6, 6.07) is 8.90. The number of nitrogens with one attached hydrogen (secondary N) is 1. The van der Waals surface area contributed by atoms with Crippen molar-refractivity contribution in [3.8, 4) is 5.75 Å². The number of pyridine rings is 1. The summed E-state index contributed by atoms with van der Waals surface area (Å²) >= 11 is 0. The standard InChI is InChI=1S/C20H15F3N2O3/c1-10-9-11-3-2-4-14-16(11)25(10)19(28)15(17(14)26)18(27)24-13-7-5-12(6-8-13)20(21,22)23/h2-8,10,26H,9H2,1H3,(H,24,27). The molecule has 4 rings (SSSR count). The summed E-state index contributed by atoms with van der Waals surface area (Å²) < 4.78 is 39.5. The minimum atomic E-state index is -4.49. The van der Waals surface area contributed by atoms with Crippen molar-refractivity contribution in [3.05, 3.63) is 69.5 Å². The third-order valence-electron chi connectivity index (χ3n) is 4.94. The van der Waals surface area contributed by atoms with Crippen molar-refractivity contribution in [3.63, 3.8) is 0 Å². The minimum Gasteiger partial charge on any atom is -0.506 e. The number of rotatable bonds is 2. The predicted molar refractivity (Wildman–Crippen MR) is 97.7 cm³/mol. The molecule has 0 bridgehead atoms. The number of halogens is 3. The molecule has 0 saturated heterocycles. The summed E-state index contributed by atoms with van der Waals surface area (Å²) in [5, 5.41) is 13.3. The number of anilines is 1. The van der Waals surface area contributed by atoms with Gasteiger partial charge < -0.3 is 15.0 Å². The lowest BCUT2D eigenvalue weighted by Gasteiger charge is -2.14. The normalized spacial score (nSPS) is 15.8. The third kappa shape index (κ3) is 2.72. The fourth-order valence-electron chi connectivity index (χ4n) is 3.66. The molecular weight excluding hydrogens is 373 g/mol. The maximum Gasteiger partial charge on any atom is 0.416 e.